The molecule has 0 bridgehead atoms. The number of aliphatic imine (C=N–C) groups is 1. The summed E-state index contributed by atoms with van der Waals surface area (Å²) in [6, 6.07) is 0.273. The molecule has 1 atom stereocenters. The molecule has 8 heteroatoms. The number of nitrogens with one attached hydrogen (secondary N) is 2. The largest absolute Gasteiger partial charge is 0.357 e. The van der Waals surface area contributed by atoms with Crippen molar-refractivity contribution in [2.24, 2.45) is 10.9 Å². The van der Waals surface area contributed by atoms with E-state index in [2.05, 4.69) is 41.4 Å². The lowest BCUT2D eigenvalue weighted by atomic mass is 10.0. The predicted octanol–water partition coefficient (Wildman–Crippen LogP) is 3.78. The Labute approximate surface area is 154 Å². The van der Waals surface area contributed by atoms with Gasteiger partial charge in [-0.05, 0) is 32.6 Å². The summed E-state index contributed by atoms with van der Waals surface area (Å²) in [6.07, 6.45) is 4.79. The molecule has 0 aliphatic heterocycles. The van der Waals surface area contributed by atoms with Crippen molar-refractivity contribution in [1.82, 2.24) is 20.2 Å². The minimum atomic E-state index is -2.59. The lowest BCUT2D eigenvalue weighted by molar-refractivity contribution is 0.0671. The molecular weight excluding hydrogens is 415 g/mol. The van der Waals surface area contributed by atoms with Crippen LogP contribution in [0.3, 0.4) is 0 Å². The molecule has 0 aromatic carbocycles. The van der Waals surface area contributed by atoms with Crippen molar-refractivity contribution in [2.45, 2.75) is 59.7 Å². The third-order valence-electron chi connectivity index (χ3n) is 3.24. The first-order valence-corrected chi connectivity index (χ1v) is 7.78. The van der Waals surface area contributed by atoms with Gasteiger partial charge in [-0.2, -0.15) is 8.78 Å². The monoisotopic (exact) mass is 443 g/mol. The van der Waals surface area contributed by atoms with Gasteiger partial charge in [0.25, 0.3) is 0 Å². The van der Waals surface area contributed by atoms with Gasteiger partial charge in [0.15, 0.2) is 5.96 Å². The van der Waals surface area contributed by atoms with Crippen molar-refractivity contribution < 1.29 is 8.78 Å². The topological polar surface area (TPSA) is 54.2 Å². The summed E-state index contributed by atoms with van der Waals surface area (Å²) in [4.78, 5) is 8.27. The van der Waals surface area contributed by atoms with Crippen LogP contribution in [-0.4, -0.2) is 28.1 Å². The van der Waals surface area contributed by atoms with Gasteiger partial charge in [0.2, 0.25) is 0 Å². The number of halogens is 3. The molecule has 1 unspecified atom stereocenters. The summed E-state index contributed by atoms with van der Waals surface area (Å²) in [7, 11) is 0. The minimum Gasteiger partial charge on any atom is -0.357 e. The number of rotatable bonds is 8. The zero-order valence-electron chi connectivity index (χ0n) is 14.2. The Kier molecular flexibility index (Phi) is 11.1. The van der Waals surface area contributed by atoms with Crippen LogP contribution in [0.15, 0.2) is 17.4 Å². The van der Waals surface area contributed by atoms with Crippen LogP contribution in [0.5, 0.6) is 0 Å². The van der Waals surface area contributed by atoms with Crippen LogP contribution in [0.4, 0.5) is 8.78 Å². The second-order valence-corrected chi connectivity index (χ2v) is 5.74. The standard InChI is InChI=1S/C15H27F2N5.HI/c1-5-18-15(21-12(4)7-6-11(2)3)20-10-13-19-8-9-22(13)14(16)17;/h8-9,11-12,14H,5-7,10H2,1-4H3,(H2,18,20,21);1H. The summed E-state index contributed by atoms with van der Waals surface area (Å²) in [6.45, 7) is 6.68. The minimum absolute atomic E-state index is 0. The van der Waals surface area contributed by atoms with Crippen molar-refractivity contribution >= 4 is 29.9 Å². The van der Waals surface area contributed by atoms with Gasteiger partial charge in [-0.3, -0.25) is 4.57 Å². The van der Waals surface area contributed by atoms with Gasteiger partial charge in [-0.25, -0.2) is 9.98 Å². The summed E-state index contributed by atoms with van der Waals surface area (Å²) >= 11 is 0. The number of hydrogen-bond acceptors (Lipinski definition) is 2. The maximum absolute atomic E-state index is 12.8. The molecule has 134 valence electrons. The van der Waals surface area contributed by atoms with E-state index in [4.69, 9.17) is 0 Å². The molecule has 0 fully saturated rings. The third-order valence-corrected chi connectivity index (χ3v) is 3.24. The van der Waals surface area contributed by atoms with Crippen LogP contribution < -0.4 is 10.6 Å². The number of imidazole rings is 1. The van der Waals surface area contributed by atoms with Gasteiger partial charge in [0.05, 0.1) is 0 Å². The molecule has 0 aliphatic carbocycles. The van der Waals surface area contributed by atoms with Crippen molar-refractivity contribution in [3.05, 3.63) is 18.2 Å². The first kappa shape index (κ1) is 22.1. The number of alkyl halides is 2. The number of hydrogen-bond donors (Lipinski definition) is 2. The second kappa shape index (κ2) is 11.6. The van der Waals surface area contributed by atoms with Crippen LogP contribution in [0, 0.1) is 5.92 Å². The van der Waals surface area contributed by atoms with Crippen LogP contribution in [-0.2, 0) is 6.54 Å². The van der Waals surface area contributed by atoms with E-state index in [0.29, 0.717) is 18.4 Å². The van der Waals surface area contributed by atoms with E-state index >= 15 is 0 Å². The SMILES string of the molecule is CCNC(=NCc1nccn1C(F)F)NC(C)CCC(C)C.I. The average molecular weight is 443 g/mol. The Morgan fingerprint density at radius 1 is 1.30 bits per heavy atom. The van der Waals surface area contributed by atoms with E-state index in [-0.39, 0.29) is 42.4 Å². The predicted molar refractivity (Wildman–Crippen MR) is 100 cm³/mol. The summed E-state index contributed by atoms with van der Waals surface area (Å²) in [5.74, 6) is 1.53. The normalized spacial score (nSPS) is 13.1. The Hall–Kier alpha value is -0.930. The Morgan fingerprint density at radius 2 is 2.00 bits per heavy atom. The number of nitrogens with zero attached hydrogens (tertiary/aromatic N) is 3. The molecule has 0 saturated heterocycles. The molecule has 1 aromatic rings. The highest BCUT2D eigenvalue weighted by atomic mass is 127. The lowest BCUT2D eigenvalue weighted by Gasteiger charge is -2.18. The quantitative estimate of drug-likeness (QED) is 0.366. The molecule has 23 heavy (non-hydrogen) atoms. The van der Waals surface area contributed by atoms with Crippen molar-refractivity contribution in [3.63, 3.8) is 0 Å². The molecule has 0 spiro atoms. The Morgan fingerprint density at radius 3 is 2.57 bits per heavy atom. The van der Waals surface area contributed by atoms with Crippen molar-refractivity contribution in [3.8, 4) is 0 Å². The fraction of sp³-hybridized carbons (Fsp3) is 0.733. The second-order valence-electron chi connectivity index (χ2n) is 5.74. The zero-order valence-corrected chi connectivity index (χ0v) is 16.6. The average Bonchev–Trinajstić information content (AvgIpc) is 2.91. The molecule has 0 amide bonds. The maximum atomic E-state index is 12.8. The smallest absolute Gasteiger partial charge is 0.319 e. The molecule has 1 rings (SSSR count). The molecule has 1 aromatic heterocycles. The van der Waals surface area contributed by atoms with Crippen LogP contribution >= 0.6 is 24.0 Å². The van der Waals surface area contributed by atoms with Gasteiger partial charge < -0.3 is 10.6 Å². The first-order chi connectivity index (χ1) is 10.4. The first-order valence-electron chi connectivity index (χ1n) is 7.78. The molecule has 1 heterocycles. The molecule has 2 N–H and O–H groups in total. The molecule has 0 saturated carbocycles. The van der Waals surface area contributed by atoms with Gasteiger partial charge >= 0.3 is 6.55 Å². The van der Waals surface area contributed by atoms with E-state index in [0.717, 1.165) is 17.4 Å². The van der Waals surface area contributed by atoms with Crippen LogP contribution in [0.25, 0.3) is 0 Å². The van der Waals surface area contributed by atoms with Crippen molar-refractivity contribution in [2.75, 3.05) is 6.54 Å². The summed E-state index contributed by atoms with van der Waals surface area (Å²) in [5, 5.41) is 6.43. The molecule has 0 radical (unpaired) electrons. The van der Waals surface area contributed by atoms with Gasteiger partial charge in [0.1, 0.15) is 12.4 Å². The number of guanidine groups is 1. The van der Waals surface area contributed by atoms with Gasteiger partial charge in [-0.15, -0.1) is 24.0 Å². The highest BCUT2D eigenvalue weighted by molar-refractivity contribution is 14.0. The molecule has 0 aliphatic rings. The van der Waals surface area contributed by atoms with E-state index in [1.165, 1.54) is 12.4 Å². The van der Waals surface area contributed by atoms with Gasteiger partial charge in [0, 0.05) is 25.0 Å². The van der Waals surface area contributed by atoms with Crippen molar-refractivity contribution in [1.29, 1.82) is 0 Å². The van der Waals surface area contributed by atoms with E-state index in [1.807, 2.05) is 6.92 Å². The Balaban J connectivity index is 0.00000484. The summed E-state index contributed by atoms with van der Waals surface area (Å²) in [5.41, 5.74) is 0. The third kappa shape index (κ3) is 8.47. The van der Waals surface area contributed by atoms with Crippen LogP contribution in [0.2, 0.25) is 0 Å². The fourth-order valence-corrected chi connectivity index (χ4v) is 2.00. The lowest BCUT2D eigenvalue weighted by Crippen LogP contribution is -2.42. The van der Waals surface area contributed by atoms with Gasteiger partial charge in [-0.1, -0.05) is 13.8 Å². The Bertz CT molecular complexity index is 462. The summed E-state index contributed by atoms with van der Waals surface area (Å²) < 4.78 is 26.4. The van der Waals surface area contributed by atoms with E-state index in [1.54, 1.807) is 0 Å². The van der Waals surface area contributed by atoms with Crippen LogP contribution in [0.1, 0.15) is 52.9 Å². The van der Waals surface area contributed by atoms with E-state index in [9.17, 15) is 8.78 Å². The molecular formula is C15H28F2IN5. The maximum Gasteiger partial charge on any atom is 0.319 e. The zero-order chi connectivity index (χ0) is 16.5. The highest BCUT2D eigenvalue weighted by Gasteiger charge is 2.11. The molecule has 5 nitrogen and oxygen atoms in total. The highest BCUT2D eigenvalue weighted by Crippen LogP contribution is 2.13. The number of aromatic nitrogens is 2. The fourth-order valence-electron chi connectivity index (χ4n) is 2.00. The van der Waals surface area contributed by atoms with E-state index < -0.39 is 6.55 Å².